The van der Waals surface area contributed by atoms with Crippen LogP contribution in [0.1, 0.15) is 41.6 Å². The van der Waals surface area contributed by atoms with Crippen molar-refractivity contribution < 1.29 is 4.52 Å². The van der Waals surface area contributed by atoms with Gasteiger partial charge in [0.1, 0.15) is 5.76 Å². The van der Waals surface area contributed by atoms with Crippen LogP contribution >= 0.6 is 0 Å². The number of hydrogen-bond acceptors (Lipinski definition) is 8. The highest BCUT2D eigenvalue weighted by molar-refractivity contribution is 5.70. The zero-order valence-electron chi connectivity index (χ0n) is 17.5. The van der Waals surface area contributed by atoms with E-state index in [9.17, 15) is 0 Å². The van der Waals surface area contributed by atoms with Gasteiger partial charge in [0, 0.05) is 63.5 Å². The smallest absolute Gasteiger partial charge is 0.225 e. The van der Waals surface area contributed by atoms with Gasteiger partial charge in [0.15, 0.2) is 0 Å². The molecule has 0 radical (unpaired) electrons. The molecule has 8 heteroatoms. The van der Waals surface area contributed by atoms with E-state index in [0.717, 1.165) is 72.4 Å². The van der Waals surface area contributed by atoms with Crippen LogP contribution in [0.2, 0.25) is 0 Å². The molecule has 3 aromatic heterocycles. The maximum atomic E-state index is 5.43. The molecule has 152 valence electrons. The Bertz CT molecular complexity index is 951. The number of nitrogens with zero attached hydrogens (tertiary/aromatic N) is 7. The summed E-state index contributed by atoms with van der Waals surface area (Å²) in [4.78, 5) is 22.5. The van der Waals surface area contributed by atoms with Gasteiger partial charge in [-0.1, -0.05) is 5.16 Å². The maximum Gasteiger partial charge on any atom is 0.225 e. The molecular weight excluding hydrogens is 366 g/mol. The summed E-state index contributed by atoms with van der Waals surface area (Å²) in [7, 11) is 3.94. The molecule has 1 fully saturated rings. The van der Waals surface area contributed by atoms with Gasteiger partial charge in [-0.05, 0) is 33.2 Å². The van der Waals surface area contributed by atoms with Crippen LogP contribution in [0, 0.1) is 13.8 Å². The van der Waals surface area contributed by atoms with Gasteiger partial charge >= 0.3 is 0 Å². The molecule has 0 saturated carbocycles. The Morgan fingerprint density at radius 3 is 2.72 bits per heavy atom. The lowest BCUT2D eigenvalue weighted by molar-refractivity contribution is 0.196. The quantitative estimate of drug-likeness (QED) is 0.654. The Hall–Kier alpha value is -2.87. The van der Waals surface area contributed by atoms with Crippen LogP contribution in [0.4, 0.5) is 5.95 Å². The first-order chi connectivity index (χ1) is 14.0. The highest BCUT2D eigenvalue weighted by Crippen LogP contribution is 2.36. The highest BCUT2D eigenvalue weighted by atomic mass is 16.5. The van der Waals surface area contributed by atoms with Gasteiger partial charge in [-0.2, -0.15) is 0 Å². The SMILES string of the molecule is Cc1noc(C)c1-c1cnc(N(C)C)nc1[C@@H]1CCCN(Cc2cnccn2)C1. The predicted molar refractivity (Wildman–Crippen MR) is 111 cm³/mol. The molecule has 0 bridgehead atoms. The molecule has 29 heavy (non-hydrogen) atoms. The largest absolute Gasteiger partial charge is 0.361 e. The predicted octanol–water partition coefficient (Wildman–Crippen LogP) is 2.98. The van der Waals surface area contributed by atoms with Crippen LogP contribution in [0.25, 0.3) is 11.1 Å². The minimum absolute atomic E-state index is 0.311. The molecule has 8 nitrogen and oxygen atoms in total. The van der Waals surface area contributed by atoms with Gasteiger partial charge in [-0.3, -0.25) is 14.9 Å². The van der Waals surface area contributed by atoms with Gasteiger partial charge in [-0.15, -0.1) is 0 Å². The van der Waals surface area contributed by atoms with Gasteiger partial charge < -0.3 is 9.42 Å². The van der Waals surface area contributed by atoms with Crippen molar-refractivity contribution in [2.75, 3.05) is 32.1 Å². The van der Waals surface area contributed by atoms with Crippen molar-refractivity contribution in [2.45, 2.75) is 39.2 Å². The van der Waals surface area contributed by atoms with Crippen molar-refractivity contribution in [3.8, 4) is 11.1 Å². The molecular formula is C21H27N7O. The second kappa shape index (κ2) is 8.24. The van der Waals surface area contributed by atoms with Crippen LogP contribution < -0.4 is 4.90 Å². The third-order valence-corrected chi connectivity index (χ3v) is 5.40. The standard InChI is InChI=1S/C21H27N7O/c1-14-19(15(2)29-26-14)18-11-24-21(27(3)4)25-20(18)16-6-5-9-28(12-16)13-17-10-22-7-8-23-17/h7-8,10-11,16H,5-6,9,12-13H2,1-4H3/t16-/m1/s1. The normalized spacial score (nSPS) is 17.4. The fourth-order valence-electron chi connectivity index (χ4n) is 4.04. The summed E-state index contributed by atoms with van der Waals surface area (Å²) >= 11 is 0. The number of anilines is 1. The van der Waals surface area contributed by atoms with Crippen molar-refractivity contribution in [3.05, 3.63) is 47.6 Å². The van der Waals surface area contributed by atoms with Crippen molar-refractivity contribution >= 4 is 5.95 Å². The molecule has 3 aromatic rings. The van der Waals surface area contributed by atoms with Crippen LogP contribution in [0.5, 0.6) is 0 Å². The van der Waals surface area contributed by atoms with Crippen molar-refractivity contribution in [1.29, 1.82) is 0 Å². The molecule has 0 N–H and O–H groups in total. The van der Waals surface area contributed by atoms with E-state index in [-0.39, 0.29) is 0 Å². The molecule has 4 rings (SSSR count). The summed E-state index contributed by atoms with van der Waals surface area (Å²) < 4.78 is 5.43. The second-order valence-corrected chi connectivity index (χ2v) is 7.83. The molecule has 1 saturated heterocycles. The first kappa shape index (κ1) is 19.4. The van der Waals surface area contributed by atoms with Gasteiger partial charge in [0.05, 0.1) is 22.6 Å². The van der Waals surface area contributed by atoms with E-state index in [4.69, 9.17) is 9.51 Å². The summed E-state index contributed by atoms with van der Waals surface area (Å²) in [5.74, 6) is 1.84. The third-order valence-electron chi connectivity index (χ3n) is 5.40. The monoisotopic (exact) mass is 393 g/mol. The summed E-state index contributed by atoms with van der Waals surface area (Å²) in [6, 6.07) is 0. The van der Waals surface area contributed by atoms with Crippen LogP contribution in [0.15, 0.2) is 29.3 Å². The summed E-state index contributed by atoms with van der Waals surface area (Å²) in [5.41, 5.74) is 4.98. The van der Waals surface area contributed by atoms with Gasteiger partial charge in [0.2, 0.25) is 5.95 Å². The first-order valence-corrected chi connectivity index (χ1v) is 9.97. The number of hydrogen-bond donors (Lipinski definition) is 0. The van der Waals surface area contributed by atoms with E-state index in [0.29, 0.717) is 5.92 Å². The Labute approximate surface area is 171 Å². The minimum atomic E-state index is 0.311. The number of likely N-dealkylation sites (tertiary alicyclic amines) is 1. The van der Waals surface area contributed by atoms with E-state index >= 15 is 0 Å². The third kappa shape index (κ3) is 4.12. The van der Waals surface area contributed by atoms with E-state index in [1.54, 1.807) is 12.4 Å². The first-order valence-electron chi connectivity index (χ1n) is 9.97. The van der Waals surface area contributed by atoms with Gasteiger partial charge in [0.25, 0.3) is 0 Å². The Kier molecular flexibility index (Phi) is 5.53. The summed E-state index contributed by atoms with van der Waals surface area (Å²) in [6.07, 6.45) is 9.44. The molecule has 0 spiro atoms. The van der Waals surface area contributed by atoms with Gasteiger partial charge in [-0.25, -0.2) is 9.97 Å². The molecule has 1 aliphatic rings. The zero-order chi connectivity index (χ0) is 20.4. The topological polar surface area (TPSA) is 84.1 Å². The molecule has 0 aromatic carbocycles. The van der Waals surface area contributed by atoms with Crippen LogP contribution in [-0.4, -0.2) is 57.2 Å². The fraction of sp³-hybridized carbons (Fsp3) is 0.476. The Morgan fingerprint density at radius 1 is 1.17 bits per heavy atom. The molecule has 1 atom stereocenters. The Balaban J connectivity index is 1.67. The van der Waals surface area contributed by atoms with Crippen LogP contribution in [-0.2, 0) is 6.54 Å². The van der Waals surface area contributed by atoms with Crippen molar-refractivity contribution in [1.82, 2.24) is 30.0 Å². The average Bonchev–Trinajstić information content (AvgIpc) is 3.06. The molecule has 0 aliphatic carbocycles. The van der Waals surface area contributed by atoms with E-state index < -0.39 is 0 Å². The fourth-order valence-corrected chi connectivity index (χ4v) is 4.04. The minimum Gasteiger partial charge on any atom is -0.361 e. The lowest BCUT2D eigenvalue weighted by Gasteiger charge is -2.33. The van der Waals surface area contributed by atoms with E-state index in [1.807, 2.05) is 45.2 Å². The molecule has 1 aliphatic heterocycles. The lowest BCUT2D eigenvalue weighted by atomic mass is 9.89. The second-order valence-electron chi connectivity index (χ2n) is 7.83. The number of aromatic nitrogens is 5. The van der Waals surface area contributed by atoms with Crippen molar-refractivity contribution in [2.24, 2.45) is 0 Å². The van der Waals surface area contributed by atoms with E-state index in [2.05, 4.69) is 25.0 Å². The highest BCUT2D eigenvalue weighted by Gasteiger charge is 2.28. The van der Waals surface area contributed by atoms with E-state index in [1.165, 1.54) is 0 Å². The maximum absolute atomic E-state index is 5.43. The van der Waals surface area contributed by atoms with Crippen molar-refractivity contribution in [3.63, 3.8) is 0 Å². The summed E-state index contributed by atoms with van der Waals surface area (Å²) in [6.45, 7) is 6.70. The van der Waals surface area contributed by atoms with Crippen LogP contribution in [0.3, 0.4) is 0 Å². The average molecular weight is 393 g/mol. The lowest BCUT2D eigenvalue weighted by Crippen LogP contribution is -2.35. The molecule has 0 amide bonds. The Morgan fingerprint density at radius 2 is 2.03 bits per heavy atom. The summed E-state index contributed by atoms with van der Waals surface area (Å²) in [5, 5.41) is 4.14. The zero-order valence-corrected chi connectivity index (χ0v) is 17.5. The molecule has 4 heterocycles. The number of aryl methyl sites for hydroxylation is 2. The molecule has 0 unspecified atom stereocenters. The number of piperidine rings is 1. The number of rotatable bonds is 5.